The van der Waals surface area contributed by atoms with Gasteiger partial charge in [-0.1, -0.05) is 40.2 Å². The van der Waals surface area contributed by atoms with Gasteiger partial charge in [0.2, 0.25) is 0 Å². The summed E-state index contributed by atoms with van der Waals surface area (Å²) in [6.07, 6.45) is -1.38. The van der Waals surface area contributed by atoms with Crippen LogP contribution in [0.4, 0.5) is 8.78 Å². The van der Waals surface area contributed by atoms with E-state index in [4.69, 9.17) is 27.9 Å². The van der Waals surface area contributed by atoms with E-state index in [9.17, 15) is 29.4 Å². The number of benzene rings is 1. The van der Waals surface area contributed by atoms with E-state index in [0.717, 1.165) is 28.6 Å². The van der Waals surface area contributed by atoms with Crippen LogP contribution in [0.2, 0.25) is 10.0 Å². The molecule has 0 amide bonds. The van der Waals surface area contributed by atoms with Gasteiger partial charge >= 0.3 is 0 Å². The van der Waals surface area contributed by atoms with Crippen molar-refractivity contribution in [3.63, 3.8) is 0 Å². The van der Waals surface area contributed by atoms with Gasteiger partial charge < -0.3 is 20.1 Å². The van der Waals surface area contributed by atoms with Crippen LogP contribution in [0.15, 0.2) is 35.5 Å². The Balaban J connectivity index is 1.66. The largest absolute Gasteiger partial charge is 0.394 e. The summed E-state index contributed by atoms with van der Waals surface area (Å²) in [6.45, 7) is -0.588. The van der Waals surface area contributed by atoms with Crippen molar-refractivity contribution in [1.29, 1.82) is 5.26 Å². The fourth-order valence-corrected chi connectivity index (χ4v) is 4.94. The molecule has 0 saturated carbocycles. The lowest BCUT2D eigenvalue weighted by Crippen LogP contribution is -2.55. The van der Waals surface area contributed by atoms with Crippen molar-refractivity contribution < 1.29 is 28.8 Å². The molecule has 0 aliphatic carbocycles. The molecule has 3 aromatic rings. The predicted octanol–water partition coefficient (Wildman–Crippen LogP) is 2.57. The second-order valence-electron chi connectivity index (χ2n) is 7.26. The normalized spacial score (nSPS) is 24.7. The highest BCUT2D eigenvalue weighted by Gasteiger charge is 2.46. The number of hydrogen-bond donors (Lipinski definition) is 3. The van der Waals surface area contributed by atoms with Crippen LogP contribution in [0.25, 0.3) is 11.3 Å². The zero-order chi connectivity index (χ0) is 24.6. The maximum absolute atomic E-state index is 13.9. The molecule has 3 N–H and O–H groups in total. The minimum Gasteiger partial charge on any atom is -0.394 e. The maximum atomic E-state index is 13.9. The van der Waals surface area contributed by atoms with Crippen molar-refractivity contribution in [2.45, 2.75) is 34.7 Å². The van der Waals surface area contributed by atoms with E-state index < -0.39 is 53.1 Å². The molecule has 1 aliphatic rings. The summed E-state index contributed by atoms with van der Waals surface area (Å²) in [6, 6.07) is 4.17. The minimum atomic E-state index is -1.42. The van der Waals surface area contributed by atoms with Crippen LogP contribution in [0.5, 0.6) is 0 Å². The molecule has 0 radical (unpaired) electrons. The lowest BCUT2D eigenvalue weighted by molar-refractivity contribution is -0.178. The zero-order valence-corrected chi connectivity index (χ0v) is 19.2. The van der Waals surface area contributed by atoms with Crippen LogP contribution in [0, 0.1) is 23.0 Å². The number of thioether (sulfide) groups is 1. The fraction of sp³-hybridized carbons (Fsp3) is 0.300. The van der Waals surface area contributed by atoms with Gasteiger partial charge in [-0.15, -0.1) is 5.10 Å². The summed E-state index contributed by atoms with van der Waals surface area (Å²) in [5, 5.41) is 48.1. The molecule has 2 aromatic heterocycles. The second kappa shape index (κ2) is 10.1. The van der Waals surface area contributed by atoms with Crippen LogP contribution >= 0.6 is 35.0 Å². The third-order valence-corrected chi connectivity index (χ3v) is 6.87. The van der Waals surface area contributed by atoms with Crippen LogP contribution in [-0.2, 0) is 4.74 Å². The average molecular weight is 530 g/mol. The second-order valence-corrected chi connectivity index (χ2v) is 9.22. The fourth-order valence-electron chi connectivity index (χ4n) is 3.46. The lowest BCUT2D eigenvalue weighted by atomic mass is 9.97. The molecule has 14 heteroatoms. The van der Waals surface area contributed by atoms with Gasteiger partial charge in [0.05, 0.1) is 17.8 Å². The standard InChI is InChI=1S/C20H15Cl2F2N5O4S/c21-9-3-15(12(4-25)26-5-9)34-20-19(32)17(18(31)14(7-30)33-20)29-6-13(27-28-29)8-1-10(23)16(22)11(24)2-8/h1-3,5-6,14,17-20,30-32H,7H2/t14-,17+,18+,19-,20-/m1/s1. The Morgan fingerprint density at radius 2 is 1.88 bits per heavy atom. The number of nitriles is 1. The Morgan fingerprint density at radius 1 is 1.18 bits per heavy atom. The number of rotatable bonds is 5. The van der Waals surface area contributed by atoms with Crippen molar-refractivity contribution in [3.8, 4) is 17.3 Å². The third-order valence-electron chi connectivity index (χ3n) is 5.11. The molecule has 1 aromatic carbocycles. The first-order valence-electron chi connectivity index (χ1n) is 9.65. The highest BCUT2D eigenvalue weighted by Crippen LogP contribution is 2.39. The molecule has 9 nitrogen and oxygen atoms in total. The monoisotopic (exact) mass is 529 g/mol. The first kappa shape index (κ1) is 24.7. The highest BCUT2D eigenvalue weighted by molar-refractivity contribution is 7.99. The molecule has 1 fully saturated rings. The van der Waals surface area contributed by atoms with Crippen molar-refractivity contribution in [3.05, 3.63) is 58.0 Å². The minimum absolute atomic E-state index is 0.0370. The topological polar surface area (TPSA) is 137 Å². The van der Waals surface area contributed by atoms with Gasteiger partial charge in [0, 0.05) is 16.7 Å². The van der Waals surface area contributed by atoms with Gasteiger partial charge in [0.1, 0.15) is 58.2 Å². The number of pyridine rings is 1. The first-order chi connectivity index (χ1) is 16.2. The van der Waals surface area contributed by atoms with Gasteiger partial charge in [-0.3, -0.25) is 0 Å². The molecule has 1 aliphatic heterocycles. The maximum Gasteiger partial charge on any atom is 0.154 e. The van der Waals surface area contributed by atoms with E-state index in [1.807, 2.05) is 6.07 Å². The number of ether oxygens (including phenoxy) is 1. The summed E-state index contributed by atoms with van der Waals surface area (Å²) >= 11 is 12.4. The summed E-state index contributed by atoms with van der Waals surface area (Å²) in [5.74, 6) is -1.98. The van der Waals surface area contributed by atoms with Gasteiger partial charge in [0.15, 0.2) is 5.69 Å². The molecule has 178 valence electrons. The molecular formula is C20H15Cl2F2N5O4S. The number of halogens is 4. The van der Waals surface area contributed by atoms with E-state index in [1.165, 1.54) is 18.5 Å². The number of aromatic nitrogens is 4. The van der Waals surface area contributed by atoms with E-state index in [2.05, 4.69) is 15.3 Å². The molecular weight excluding hydrogens is 515 g/mol. The van der Waals surface area contributed by atoms with Gasteiger partial charge in [-0.2, -0.15) is 5.26 Å². The van der Waals surface area contributed by atoms with Gasteiger partial charge in [0.25, 0.3) is 0 Å². The van der Waals surface area contributed by atoms with E-state index in [-0.39, 0.29) is 22.0 Å². The Labute approximate surface area is 205 Å². The van der Waals surface area contributed by atoms with Crippen LogP contribution in [0.3, 0.4) is 0 Å². The third kappa shape index (κ3) is 4.73. The van der Waals surface area contributed by atoms with E-state index in [0.29, 0.717) is 4.90 Å². The van der Waals surface area contributed by atoms with E-state index in [1.54, 1.807) is 0 Å². The molecule has 3 heterocycles. The molecule has 0 unspecified atom stereocenters. The highest BCUT2D eigenvalue weighted by atomic mass is 35.5. The molecule has 34 heavy (non-hydrogen) atoms. The Kier molecular flexibility index (Phi) is 7.34. The quantitative estimate of drug-likeness (QED) is 0.425. The number of hydrogen-bond acceptors (Lipinski definition) is 9. The average Bonchev–Trinajstić information content (AvgIpc) is 3.29. The van der Waals surface area contributed by atoms with Crippen molar-refractivity contribution in [2.75, 3.05) is 6.61 Å². The van der Waals surface area contributed by atoms with Crippen molar-refractivity contribution >= 4 is 35.0 Å². The van der Waals surface area contributed by atoms with Gasteiger partial charge in [-0.05, 0) is 18.2 Å². The van der Waals surface area contributed by atoms with Crippen molar-refractivity contribution in [2.24, 2.45) is 0 Å². The molecule has 1 saturated heterocycles. The number of nitrogens with zero attached hydrogens (tertiary/aromatic N) is 5. The predicted molar refractivity (Wildman–Crippen MR) is 117 cm³/mol. The first-order valence-corrected chi connectivity index (χ1v) is 11.3. The van der Waals surface area contributed by atoms with Gasteiger partial charge in [-0.25, -0.2) is 18.4 Å². The summed E-state index contributed by atoms with van der Waals surface area (Å²) in [4.78, 5) is 4.24. The van der Waals surface area contributed by atoms with E-state index >= 15 is 0 Å². The Hall–Kier alpha value is -2.37. The van der Waals surface area contributed by atoms with Crippen LogP contribution < -0.4 is 0 Å². The summed E-state index contributed by atoms with van der Waals surface area (Å²) in [5.41, 5.74) is -0.940. The lowest BCUT2D eigenvalue weighted by Gasteiger charge is -2.41. The smallest absolute Gasteiger partial charge is 0.154 e. The van der Waals surface area contributed by atoms with Crippen LogP contribution in [0.1, 0.15) is 11.7 Å². The Bertz CT molecular complexity index is 1240. The number of aliphatic hydroxyl groups is 3. The molecule has 5 atom stereocenters. The number of aliphatic hydroxyl groups excluding tert-OH is 3. The summed E-state index contributed by atoms with van der Waals surface area (Å²) < 4.78 is 34.5. The zero-order valence-electron chi connectivity index (χ0n) is 16.9. The Morgan fingerprint density at radius 3 is 2.53 bits per heavy atom. The van der Waals surface area contributed by atoms with Crippen molar-refractivity contribution in [1.82, 2.24) is 20.0 Å². The molecule has 0 spiro atoms. The summed E-state index contributed by atoms with van der Waals surface area (Å²) in [7, 11) is 0. The van der Waals surface area contributed by atoms with Crippen LogP contribution in [-0.4, -0.2) is 65.7 Å². The SMILES string of the molecule is N#Cc1ncc(Cl)cc1S[C@H]1O[C@H](CO)[C@H](O)[C@H](n2cc(-c3cc(F)c(Cl)c(F)c3)nn2)[C@H]1O. The molecule has 0 bridgehead atoms. The molecule has 4 rings (SSSR count).